The molecule has 0 atom stereocenters. The third-order valence-electron chi connectivity index (χ3n) is 5.33. The van der Waals surface area contributed by atoms with Crippen molar-refractivity contribution in [2.75, 3.05) is 13.1 Å². The average Bonchev–Trinajstić information content (AvgIpc) is 2.93. The number of allylic oxidation sites excluding steroid dienone is 11. The van der Waals surface area contributed by atoms with Gasteiger partial charge in [-0.05, 0) is 81.2 Å². The van der Waals surface area contributed by atoms with E-state index in [1.54, 1.807) is 18.2 Å². The highest BCUT2D eigenvalue weighted by molar-refractivity contribution is 5.91. The number of benzene rings is 1. The summed E-state index contributed by atoms with van der Waals surface area (Å²) in [6.45, 7) is 3.19. The largest absolute Gasteiger partial charge is 0.504 e. The lowest BCUT2D eigenvalue weighted by molar-refractivity contribution is -0.117. The first-order chi connectivity index (χ1) is 19.0. The fourth-order valence-electron chi connectivity index (χ4n) is 3.21. The van der Waals surface area contributed by atoms with Gasteiger partial charge in [-0.3, -0.25) is 9.59 Å². The predicted octanol–water partition coefficient (Wildman–Crippen LogP) is 6.82. The van der Waals surface area contributed by atoms with Crippen LogP contribution in [0.4, 0.5) is 0 Å². The van der Waals surface area contributed by atoms with Crippen molar-refractivity contribution in [3.63, 3.8) is 0 Å². The molecule has 210 valence electrons. The summed E-state index contributed by atoms with van der Waals surface area (Å²) in [6, 6.07) is 4.33. The van der Waals surface area contributed by atoms with E-state index in [0.29, 0.717) is 25.1 Å². The van der Waals surface area contributed by atoms with E-state index >= 15 is 0 Å². The number of phenols is 2. The number of aromatic hydroxyl groups is 2. The molecule has 0 unspecified atom stereocenters. The van der Waals surface area contributed by atoms with Gasteiger partial charge in [0, 0.05) is 19.2 Å². The fraction of sp³-hybridized carbons (Fsp3) is 0.333. The minimum Gasteiger partial charge on any atom is -0.504 e. The summed E-state index contributed by atoms with van der Waals surface area (Å²) in [6.07, 6.45) is 35.0. The van der Waals surface area contributed by atoms with Crippen LogP contribution in [0.15, 0.2) is 97.2 Å². The highest BCUT2D eigenvalue weighted by Crippen LogP contribution is 2.25. The minimum atomic E-state index is -0.246. The summed E-state index contributed by atoms with van der Waals surface area (Å²) in [5, 5.41) is 24.4. The number of rotatable bonds is 19. The summed E-state index contributed by atoms with van der Waals surface area (Å²) in [4.78, 5) is 23.7. The lowest BCUT2D eigenvalue weighted by Crippen LogP contribution is -2.25. The number of carbonyl (C=O) groups is 2. The van der Waals surface area contributed by atoms with Gasteiger partial charge >= 0.3 is 0 Å². The Morgan fingerprint density at radius 2 is 1.10 bits per heavy atom. The monoisotopic (exact) mass is 532 g/mol. The molecule has 6 nitrogen and oxygen atoms in total. The summed E-state index contributed by atoms with van der Waals surface area (Å²) >= 11 is 0. The number of carbonyl (C=O) groups excluding carboxylic acids is 2. The van der Waals surface area contributed by atoms with Gasteiger partial charge in [0.1, 0.15) is 0 Å². The maximum Gasteiger partial charge on any atom is 0.243 e. The van der Waals surface area contributed by atoms with Crippen molar-refractivity contribution in [3.05, 3.63) is 103 Å². The first kappa shape index (κ1) is 33.0. The summed E-state index contributed by atoms with van der Waals surface area (Å²) in [5.74, 6) is -0.802. The first-order valence-corrected chi connectivity index (χ1v) is 13.7. The number of phenolic OH excluding ortho intramolecular Hbond substituents is 2. The molecule has 0 heterocycles. The average molecular weight is 533 g/mol. The molecule has 0 radical (unpaired) electrons. The van der Waals surface area contributed by atoms with E-state index in [9.17, 15) is 19.8 Å². The fourth-order valence-corrected chi connectivity index (χ4v) is 3.21. The number of hydrogen-bond donors (Lipinski definition) is 4. The quantitative estimate of drug-likeness (QED) is 0.0680. The van der Waals surface area contributed by atoms with Gasteiger partial charge in [-0.25, -0.2) is 0 Å². The Balaban J connectivity index is 2.01. The van der Waals surface area contributed by atoms with Gasteiger partial charge in [0.05, 0.1) is 0 Å². The van der Waals surface area contributed by atoms with Crippen LogP contribution in [0.2, 0.25) is 0 Å². The van der Waals surface area contributed by atoms with Gasteiger partial charge in [-0.1, -0.05) is 79.8 Å². The number of hydrogen-bond acceptors (Lipinski definition) is 4. The molecule has 0 spiro atoms. The Bertz CT molecular complexity index is 1050. The summed E-state index contributed by atoms with van der Waals surface area (Å²) in [7, 11) is 0. The topological polar surface area (TPSA) is 98.7 Å². The maximum atomic E-state index is 11.9. The van der Waals surface area contributed by atoms with Gasteiger partial charge in [0.25, 0.3) is 0 Å². The second kappa shape index (κ2) is 23.1. The molecule has 39 heavy (non-hydrogen) atoms. The molecule has 1 rings (SSSR count). The lowest BCUT2D eigenvalue weighted by Gasteiger charge is -2.04. The molecule has 2 amide bonds. The van der Waals surface area contributed by atoms with Crippen LogP contribution in [0.3, 0.4) is 0 Å². The van der Waals surface area contributed by atoms with Crippen LogP contribution in [0.1, 0.15) is 63.9 Å². The molecule has 0 bridgehead atoms. The Kier molecular flexibility index (Phi) is 19.5. The SMILES string of the molecule is CCC=CCC=CCC=CCC=CCC=CCC=CC(=O)NCCCCNC(=O)C=Cc1ccc(O)c(O)c1. The van der Waals surface area contributed by atoms with E-state index in [-0.39, 0.29) is 23.3 Å². The summed E-state index contributed by atoms with van der Waals surface area (Å²) in [5.41, 5.74) is 0.609. The molecule has 6 heteroatoms. The Morgan fingerprint density at radius 1 is 0.641 bits per heavy atom. The van der Waals surface area contributed by atoms with E-state index in [0.717, 1.165) is 44.9 Å². The zero-order valence-corrected chi connectivity index (χ0v) is 23.1. The molecule has 0 aliphatic heterocycles. The summed E-state index contributed by atoms with van der Waals surface area (Å²) < 4.78 is 0. The second-order valence-corrected chi connectivity index (χ2v) is 8.72. The number of unbranched alkanes of at least 4 members (excludes halogenated alkanes) is 1. The lowest BCUT2D eigenvalue weighted by atomic mass is 10.2. The van der Waals surface area contributed by atoms with Crippen molar-refractivity contribution in [3.8, 4) is 11.5 Å². The molecule has 0 aliphatic rings. The minimum absolute atomic E-state index is 0.119. The van der Waals surface area contributed by atoms with E-state index in [4.69, 9.17) is 0 Å². The van der Waals surface area contributed by atoms with Crippen molar-refractivity contribution in [2.24, 2.45) is 0 Å². The Hall–Kier alpha value is -4.06. The zero-order chi connectivity index (χ0) is 28.4. The highest BCUT2D eigenvalue weighted by atomic mass is 16.3. The van der Waals surface area contributed by atoms with Crippen molar-refractivity contribution < 1.29 is 19.8 Å². The van der Waals surface area contributed by atoms with E-state index in [1.165, 1.54) is 18.2 Å². The molecule has 1 aromatic rings. The standard InChI is InChI=1S/C33H44N2O4/c1-2-3-4-5-6-7-8-9-10-11-12-13-14-15-16-17-18-21-32(38)34-26-19-20-27-35-33(39)25-23-29-22-24-30(36)31(37)28-29/h3-4,6-7,9-10,12-13,15-16,18,21-25,28,36-37H,2,5,8,11,14,17,19-20,26-27H2,1H3,(H,34,38)(H,35,39). The molecule has 0 saturated carbocycles. The number of amides is 2. The highest BCUT2D eigenvalue weighted by Gasteiger charge is 2.00. The van der Waals surface area contributed by atoms with Gasteiger partial charge in [-0.2, -0.15) is 0 Å². The third-order valence-corrected chi connectivity index (χ3v) is 5.33. The van der Waals surface area contributed by atoms with Crippen LogP contribution in [-0.4, -0.2) is 35.1 Å². The molecular weight excluding hydrogens is 488 g/mol. The van der Waals surface area contributed by atoms with E-state index < -0.39 is 0 Å². The molecule has 0 aromatic heterocycles. The molecular formula is C33H44N2O4. The second-order valence-electron chi connectivity index (χ2n) is 8.72. The van der Waals surface area contributed by atoms with Gasteiger partial charge in [0.15, 0.2) is 11.5 Å². The molecule has 0 saturated heterocycles. The van der Waals surface area contributed by atoms with Crippen molar-refractivity contribution in [1.82, 2.24) is 10.6 Å². The van der Waals surface area contributed by atoms with Crippen molar-refractivity contribution >= 4 is 17.9 Å². The van der Waals surface area contributed by atoms with Crippen molar-refractivity contribution in [2.45, 2.75) is 58.3 Å². The first-order valence-electron chi connectivity index (χ1n) is 13.7. The maximum absolute atomic E-state index is 11.9. The smallest absolute Gasteiger partial charge is 0.243 e. The van der Waals surface area contributed by atoms with Crippen LogP contribution in [0.5, 0.6) is 11.5 Å². The van der Waals surface area contributed by atoms with Crippen LogP contribution < -0.4 is 10.6 Å². The van der Waals surface area contributed by atoms with E-state index in [1.807, 2.05) is 12.2 Å². The Labute approximate surface area is 233 Å². The zero-order valence-electron chi connectivity index (χ0n) is 23.1. The molecule has 4 N–H and O–H groups in total. The molecule has 0 aliphatic carbocycles. The molecule has 1 aromatic carbocycles. The normalized spacial score (nSPS) is 12.4. The van der Waals surface area contributed by atoms with Gasteiger partial charge < -0.3 is 20.8 Å². The van der Waals surface area contributed by atoms with E-state index in [2.05, 4.69) is 72.2 Å². The van der Waals surface area contributed by atoms with Crippen LogP contribution in [0, 0.1) is 0 Å². The van der Waals surface area contributed by atoms with Crippen molar-refractivity contribution in [1.29, 1.82) is 0 Å². The van der Waals surface area contributed by atoms with Gasteiger partial charge in [0.2, 0.25) is 11.8 Å². The van der Waals surface area contributed by atoms with Crippen LogP contribution >= 0.6 is 0 Å². The van der Waals surface area contributed by atoms with Gasteiger partial charge in [-0.15, -0.1) is 0 Å². The third kappa shape index (κ3) is 19.7. The van der Waals surface area contributed by atoms with Crippen LogP contribution in [-0.2, 0) is 9.59 Å². The molecule has 0 fully saturated rings. The predicted molar refractivity (Wildman–Crippen MR) is 162 cm³/mol. The Morgan fingerprint density at radius 3 is 1.59 bits per heavy atom. The number of nitrogens with one attached hydrogen (secondary N) is 2. The van der Waals surface area contributed by atoms with Crippen LogP contribution in [0.25, 0.3) is 6.08 Å².